The van der Waals surface area contributed by atoms with Gasteiger partial charge < -0.3 is 10.4 Å². The summed E-state index contributed by atoms with van der Waals surface area (Å²) in [5.74, 6) is 0. The van der Waals surface area contributed by atoms with Crippen LogP contribution in [-0.2, 0) is 6.42 Å². The van der Waals surface area contributed by atoms with Crippen LogP contribution < -0.4 is 5.32 Å². The van der Waals surface area contributed by atoms with E-state index in [4.69, 9.17) is 5.10 Å². The van der Waals surface area contributed by atoms with Crippen LogP contribution in [0.4, 0.5) is 0 Å². The highest BCUT2D eigenvalue weighted by molar-refractivity contribution is 5.05. The first-order chi connectivity index (χ1) is 9.23. The molecule has 19 heavy (non-hydrogen) atoms. The topological polar surface area (TPSA) is 50.1 Å². The zero-order valence-electron chi connectivity index (χ0n) is 12.2. The molecule has 2 heterocycles. The largest absolute Gasteiger partial charge is 0.396 e. The molecule has 0 bridgehead atoms. The maximum atomic E-state index is 9.74. The second-order valence-electron chi connectivity index (χ2n) is 5.87. The lowest BCUT2D eigenvalue weighted by Gasteiger charge is -2.35. The summed E-state index contributed by atoms with van der Waals surface area (Å²) in [5, 5.41) is 17.9. The van der Waals surface area contributed by atoms with Crippen molar-refractivity contribution in [2.45, 2.75) is 52.0 Å². The van der Waals surface area contributed by atoms with Gasteiger partial charge in [-0.2, -0.15) is 5.10 Å². The van der Waals surface area contributed by atoms with E-state index in [0.29, 0.717) is 6.04 Å². The van der Waals surface area contributed by atoms with E-state index in [1.165, 1.54) is 0 Å². The number of aliphatic hydroxyl groups excluding tert-OH is 1. The third-order valence-electron chi connectivity index (χ3n) is 4.43. The van der Waals surface area contributed by atoms with Crippen LogP contribution in [0.2, 0.25) is 0 Å². The fourth-order valence-corrected chi connectivity index (χ4v) is 3.09. The first-order valence-electron chi connectivity index (χ1n) is 7.58. The molecule has 0 aromatic carbocycles. The number of nitrogens with zero attached hydrogens (tertiary/aromatic N) is 2. The second-order valence-corrected chi connectivity index (χ2v) is 5.87. The van der Waals surface area contributed by atoms with E-state index in [0.717, 1.165) is 50.9 Å². The fourth-order valence-electron chi connectivity index (χ4n) is 3.09. The molecule has 0 spiro atoms. The van der Waals surface area contributed by atoms with Crippen molar-refractivity contribution in [1.29, 1.82) is 0 Å². The summed E-state index contributed by atoms with van der Waals surface area (Å²) in [7, 11) is 0. The minimum absolute atomic E-state index is 0.00857. The molecule has 4 nitrogen and oxygen atoms in total. The molecule has 4 heteroatoms. The highest BCUT2D eigenvalue weighted by Gasteiger charge is 2.32. The molecule has 1 fully saturated rings. The highest BCUT2D eigenvalue weighted by Crippen LogP contribution is 2.29. The van der Waals surface area contributed by atoms with Crippen LogP contribution >= 0.6 is 0 Å². The number of hydrogen-bond donors (Lipinski definition) is 2. The van der Waals surface area contributed by atoms with Crippen molar-refractivity contribution in [3.63, 3.8) is 0 Å². The first kappa shape index (κ1) is 14.5. The van der Waals surface area contributed by atoms with Crippen LogP contribution in [0, 0.1) is 5.41 Å². The lowest BCUT2D eigenvalue weighted by atomic mass is 9.78. The van der Waals surface area contributed by atoms with Gasteiger partial charge in [0.1, 0.15) is 0 Å². The van der Waals surface area contributed by atoms with Crippen molar-refractivity contribution in [3.8, 4) is 0 Å². The van der Waals surface area contributed by atoms with Crippen molar-refractivity contribution in [3.05, 3.63) is 18.0 Å². The molecule has 0 radical (unpaired) electrons. The van der Waals surface area contributed by atoms with Gasteiger partial charge in [-0.1, -0.05) is 13.8 Å². The summed E-state index contributed by atoms with van der Waals surface area (Å²) in [6.07, 6.45) is 7.44. The molecular formula is C15H27N3O. The van der Waals surface area contributed by atoms with Crippen LogP contribution in [-0.4, -0.2) is 34.6 Å². The Morgan fingerprint density at radius 1 is 1.47 bits per heavy atom. The molecule has 1 aromatic heterocycles. The number of rotatable bonds is 6. The lowest BCUT2D eigenvalue weighted by molar-refractivity contribution is 0.0935. The predicted molar refractivity (Wildman–Crippen MR) is 77.2 cm³/mol. The minimum atomic E-state index is -0.00857. The summed E-state index contributed by atoms with van der Waals surface area (Å²) in [4.78, 5) is 0. The molecule has 1 saturated heterocycles. The van der Waals surface area contributed by atoms with Gasteiger partial charge in [0, 0.05) is 24.6 Å². The number of hydrogen-bond acceptors (Lipinski definition) is 3. The highest BCUT2D eigenvalue weighted by atomic mass is 16.3. The Labute approximate surface area is 116 Å². The SMILES string of the molecule is CCC(CC)n1ccc(CC2(CO)CCCNC2)n1. The normalized spacial score (nSPS) is 24.0. The smallest absolute Gasteiger partial charge is 0.0631 e. The minimum Gasteiger partial charge on any atom is -0.396 e. The summed E-state index contributed by atoms with van der Waals surface area (Å²) in [6.45, 7) is 6.63. The molecule has 2 N–H and O–H groups in total. The molecule has 1 atom stereocenters. The Bertz CT molecular complexity index is 378. The van der Waals surface area contributed by atoms with Gasteiger partial charge in [0.05, 0.1) is 18.3 Å². The van der Waals surface area contributed by atoms with Gasteiger partial charge in [-0.05, 0) is 38.3 Å². The summed E-state index contributed by atoms with van der Waals surface area (Å²) < 4.78 is 2.09. The maximum Gasteiger partial charge on any atom is 0.0631 e. The van der Waals surface area contributed by atoms with E-state index in [1.54, 1.807) is 0 Å². The van der Waals surface area contributed by atoms with Crippen molar-refractivity contribution >= 4 is 0 Å². The lowest BCUT2D eigenvalue weighted by Crippen LogP contribution is -2.44. The Hall–Kier alpha value is -0.870. The Morgan fingerprint density at radius 3 is 2.84 bits per heavy atom. The van der Waals surface area contributed by atoms with E-state index in [1.807, 2.05) is 0 Å². The molecule has 1 aliphatic rings. The first-order valence-corrected chi connectivity index (χ1v) is 7.58. The third-order valence-corrected chi connectivity index (χ3v) is 4.43. The van der Waals surface area contributed by atoms with E-state index >= 15 is 0 Å². The van der Waals surface area contributed by atoms with Crippen molar-refractivity contribution in [2.24, 2.45) is 5.41 Å². The van der Waals surface area contributed by atoms with Crippen molar-refractivity contribution < 1.29 is 5.11 Å². The molecular weight excluding hydrogens is 238 g/mol. The molecule has 1 aliphatic heterocycles. The van der Waals surface area contributed by atoms with Gasteiger partial charge >= 0.3 is 0 Å². The Balaban J connectivity index is 2.05. The fraction of sp³-hybridized carbons (Fsp3) is 0.800. The van der Waals surface area contributed by atoms with Gasteiger partial charge in [-0.3, -0.25) is 4.68 Å². The third kappa shape index (κ3) is 3.37. The van der Waals surface area contributed by atoms with Crippen LogP contribution in [0.15, 0.2) is 12.3 Å². The van der Waals surface area contributed by atoms with Gasteiger partial charge in [0.15, 0.2) is 0 Å². The second kappa shape index (κ2) is 6.53. The zero-order chi connectivity index (χ0) is 13.7. The van der Waals surface area contributed by atoms with Gasteiger partial charge in [0.25, 0.3) is 0 Å². The van der Waals surface area contributed by atoms with Crippen LogP contribution in [0.5, 0.6) is 0 Å². The molecule has 1 unspecified atom stereocenters. The monoisotopic (exact) mass is 265 g/mol. The van der Waals surface area contributed by atoms with Crippen molar-refractivity contribution in [1.82, 2.24) is 15.1 Å². The average Bonchev–Trinajstić information content (AvgIpc) is 2.89. The molecule has 0 aliphatic carbocycles. The van der Waals surface area contributed by atoms with Crippen LogP contribution in [0.25, 0.3) is 0 Å². The Kier molecular flexibility index (Phi) is 4.99. The van der Waals surface area contributed by atoms with Crippen molar-refractivity contribution in [2.75, 3.05) is 19.7 Å². The van der Waals surface area contributed by atoms with E-state index in [2.05, 4.69) is 36.1 Å². The average molecular weight is 265 g/mol. The Morgan fingerprint density at radius 2 is 2.26 bits per heavy atom. The number of aliphatic hydroxyl groups is 1. The summed E-state index contributed by atoms with van der Waals surface area (Å²) in [6, 6.07) is 2.62. The maximum absolute atomic E-state index is 9.74. The molecule has 0 saturated carbocycles. The van der Waals surface area contributed by atoms with Gasteiger partial charge in [-0.15, -0.1) is 0 Å². The number of nitrogens with one attached hydrogen (secondary N) is 1. The number of piperidine rings is 1. The van der Waals surface area contributed by atoms with Crippen LogP contribution in [0.1, 0.15) is 51.3 Å². The van der Waals surface area contributed by atoms with Gasteiger partial charge in [0.2, 0.25) is 0 Å². The summed E-state index contributed by atoms with van der Waals surface area (Å²) >= 11 is 0. The molecule has 108 valence electrons. The standard InChI is InChI=1S/C15H27N3O/c1-3-14(4-2)18-9-6-13(17-18)10-15(12-19)7-5-8-16-11-15/h6,9,14,16,19H,3-5,7-8,10-12H2,1-2H3. The van der Waals surface area contributed by atoms with E-state index in [-0.39, 0.29) is 12.0 Å². The number of aromatic nitrogens is 2. The van der Waals surface area contributed by atoms with Gasteiger partial charge in [-0.25, -0.2) is 0 Å². The van der Waals surface area contributed by atoms with E-state index in [9.17, 15) is 5.11 Å². The van der Waals surface area contributed by atoms with Crippen LogP contribution in [0.3, 0.4) is 0 Å². The summed E-state index contributed by atoms with van der Waals surface area (Å²) in [5.41, 5.74) is 1.11. The molecule has 0 amide bonds. The zero-order valence-corrected chi connectivity index (χ0v) is 12.2. The molecule has 1 aromatic rings. The quantitative estimate of drug-likeness (QED) is 0.828. The predicted octanol–water partition coefficient (Wildman–Crippen LogP) is 2.15. The molecule has 2 rings (SSSR count). The van der Waals surface area contributed by atoms with E-state index < -0.39 is 0 Å².